The summed E-state index contributed by atoms with van der Waals surface area (Å²) in [6, 6.07) is 17.3. The van der Waals surface area contributed by atoms with E-state index in [1.54, 1.807) is 24.9 Å². The highest BCUT2D eigenvalue weighted by Crippen LogP contribution is 2.17. The second-order valence-electron chi connectivity index (χ2n) is 4.86. The van der Waals surface area contributed by atoms with Crippen molar-refractivity contribution in [3.05, 3.63) is 71.1 Å². The predicted molar refractivity (Wildman–Crippen MR) is 94.1 cm³/mol. The highest BCUT2D eigenvalue weighted by molar-refractivity contribution is 7.98. The number of thioether (sulfide) groups is 1. The topological polar surface area (TPSA) is 37.4 Å². The van der Waals surface area contributed by atoms with Gasteiger partial charge in [-0.05, 0) is 35.6 Å². The summed E-state index contributed by atoms with van der Waals surface area (Å²) >= 11 is 1.66. The number of benzene rings is 2. The molecule has 0 saturated carbocycles. The van der Waals surface area contributed by atoms with Crippen molar-refractivity contribution in [2.24, 2.45) is 0 Å². The molecule has 0 amide bonds. The highest BCUT2D eigenvalue weighted by atomic mass is 32.2. The summed E-state index contributed by atoms with van der Waals surface area (Å²) in [5, 5.41) is 1.25. The first-order chi connectivity index (χ1) is 10.5. The molecule has 0 spiro atoms. The molecule has 22 heavy (non-hydrogen) atoms. The van der Waals surface area contributed by atoms with Crippen molar-refractivity contribution >= 4 is 27.9 Å². The van der Waals surface area contributed by atoms with Crippen LogP contribution in [0.3, 0.4) is 0 Å². The maximum atomic E-state index is 12.3. The molecule has 2 aromatic rings. The summed E-state index contributed by atoms with van der Waals surface area (Å²) in [7, 11) is -1.83. The Morgan fingerprint density at radius 2 is 1.68 bits per heavy atom. The van der Waals surface area contributed by atoms with Gasteiger partial charge in [0.25, 0.3) is 0 Å². The van der Waals surface area contributed by atoms with Gasteiger partial charge in [-0.1, -0.05) is 42.5 Å². The van der Waals surface area contributed by atoms with Crippen LogP contribution in [-0.4, -0.2) is 26.0 Å². The molecular weight excluding hydrogens is 314 g/mol. The van der Waals surface area contributed by atoms with Gasteiger partial charge in [0, 0.05) is 23.9 Å². The van der Waals surface area contributed by atoms with Gasteiger partial charge in [-0.3, -0.25) is 0 Å². The molecule has 116 valence electrons. The largest absolute Gasteiger partial charge is 0.236 e. The van der Waals surface area contributed by atoms with Crippen LogP contribution in [0.25, 0.3) is 6.08 Å². The van der Waals surface area contributed by atoms with Gasteiger partial charge in [0.1, 0.15) is 0 Å². The Morgan fingerprint density at radius 1 is 1.05 bits per heavy atom. The first-order valence-corrected chi connectivity index (χ1v) is 9.56. The average molecular weight is 333 g/mol. The third-order valence-corrected chi connectivity index (χ3v) is 5.45. The molecule has 5 heteroatoms. The lowest BCUT2D eigenvalue weighted by Crippen LogP contribution is -2.24. The Hall–Kier alpha value is -1.56. The Balaban J connectivity index is 2.06. The zero-order valence-electron chi connectivity index (χ0n) is 12.6. The van der Waals surface area contributed by atoms with Gasteiger partial charge >= 0.3 is 0 Å². The van der Waals surface area contributed by atoms with Crippen LogP contribution < -0.4 is 0 Å². The Labute approximate surface area is 136 Å². The van der Waals surface area contributed by atoms with Gasteiger partial charge in [0.05, 0.1) is 0 Å². The van der Waals surface area contributed by atoms with E-state index in [4.69, 9.17) is 0 Å². The minimum absolute atomic E-state index is 0.357. The van der Waals surface area contributed by atoms with E-state index in [1.807, 2.05) is 60.9 Å². The summed E-state index contributed by atoms with van der Waals surface area (Å²) in [6.07, 6.45) is 3.63. The normalized spacial score (nSPS) is 12.1. The van der Waals surface area contributed by atoms with E-state index in [2.05, 4.69) is 0 Å². The highest BCUT2D eigenvalue weighted by Gasteiger charge is 2.14. The van der Waals surface area contributed by atoms with Gasteiger partial charge in [0.15, 0.2) is 0 Å². The van der Waals surface area contributed by atoms with Crippen molar-refractivity contribution in [3.8, 4) is 0 Å². The monoisotopic (exact) mass is 333 g/mol. The third kappa shape index (κ3) is 4.73. The number of nitrogens with zero attached hydrogens (tertiary/aromatic N) is 1. The van der Waals surface area contributed by atoms with Crippen LogP contribution in [0.15, 0.2) is 64.9 Å². The lowest BCUT2D eigenvalue weighted by Gasteiger charge is -2.14. The van der Waals surface area contributed by atoms with Gasteiger partial charge in [-0.15, -0.1) is 11.8 Å². The lowest BCUT2D eigenvalue weighted by molar-refractivity contribution is 0.475. The zero-order chi connectivity index (χ0) is 16.0. The molecule has 2 rings (SSSR count). The van der Waals surface area contributed by atoms with Crippen molar-refractivity contribution < 1.29 is 8.42 Å². The van der Waals surface area contributed by atoms with Crippen LogP contribution in [0.5, 0.6) is 0 Å². The van der Waals surface area contributed by atoms with Crippen LogP contribution in [-0.2, 0) is 16.6 Å². The van der Waals surface area contributed by atoms with Gasteiger partial charge in [-0.25, -0.2) is 8.42 Å². The first-order valence-electron chi connectivity index (χ1n) is 6.84. The quantitative estimate of drug-likeness (QED) is 0.754. The van der Waals surface area contributed by atoms with E-state index >= 15 is 0 Å². The standard InChI is InChI=1S/C17H19NO2S2/c1-18(14-16-8-10-17(21-2)11-9-16)22(19,20)13-12-15-6-4-3-5-7-15/h3-13H,14H2,1-2H3. The molecule has 0 aliphatic carbocycles. The summed E-state index contributed by atoms with van der Waals surface area (Å²) in [5.74, 6) is 0. The van der Waals surface area contributed by atoms with Crippen molar-refractivity contribution in [2.75, 3.05) is 13.3 Å². The van der Waals surface area contributed by atoms with Gasteiger partial charge < -0.3 is 0 Å². The van der Waals surface area contributed by atoms with Crippen LogP contribution in [0.2, 0.25) is 0 Å². The summed E-state index contributed by atoms with van der Waals surface area (Å²) in [5.41, 5.74) is 1.83. The van der Waals surface area contributed by atoms with Crippen LogP contribution >= 0.6 is 11.8 Å². The maximum absolute atomic E-state index is 12.3. The predicted octanol–water partition coefficient (Wildman–Crippen LogP) is 3.84. The summed E-state index contributed by atoms with van der Waals surface area (Å²) < 4.78 is 25.9. The number of hydrogen-bond donors (Lipinski definition) is 0. The molecule has 2 aromatic carbocycles. The van der Waals surface area contributed by atoms with Crippen molar-refractivity contribution in [2.45, 2.75) is 11.4 Å². The molecule has 0 N–H and O–H groups in total. The first kappa shape index (κ1) is 16.8. The van der Waals surface area contributed by atoms with Crippen molar-refractivity contribution in [3.63, 3.8) is 0 Å². The maximum Gasteiger partial charge on any atom is 0.236 e. The minimum atomic E-state index is -3.42. The molecule has 0 aliphatic rings. The second-order valence-corrected chi connectivity index (χ2v) is 7.67. The van der Waals surface area contributed by atoms with Crippen molar-refractivity contribution in [1.29, 1.82) is 0 Å². The average Bonchev–Trinajstić information content (AvgIpc) is 2.54. The number of rotatable bonds is 6. The SMILES string of the molecule is CSc1ccc(CN(C)S(=O)(=O)C=Cc2ccccc2)cc1. The Bertz CT molecular complexity index is 723. The lowest BCUT2D eigenvalue weighted by atomic mass is 10.2. The van der Waals surface area contributed by atoms with E-state index in [0.29, 0.717) is 6.54 Å². The van der Waals surface area contributed by atoms with Gasteiger partial charge in [0.2, 0.25) is 10.0 Å². The molecule has 0 heterocycles. The van der Waals surface area contributed by atoms with Crippen LogP contribution in [0.1, 0.15) is 11.1 Å². The van der Waals surface area contributed by atoms with E-state index in [9.17, 15) is 8.42 Å². The second kappa shape index (κ2) is 7.63. The molecule has 0 atom stereocenters. The number of hydrogen-bond acceptors (Lipinski definition) is 3. The van der Waals surface area contributed by atoms with Crippen molar-refractivity contribution in [1.82, 2.24) is 4.31 Å². The van der Waals surface area contributed by atoms with E-state index < -0.39 is 10.0 Å². The smallest absolute Gasteiger partial charge is 0.208 e. The molecule has 0 radical (unpaired) electrons. The fourth-order valence-corrected chi connectivity index (χ4v) is 3.18. The van der Waals surface area contributed by atoms with E-state index in [-0.39, 0.29) is 0 Å². The number of sulfonamides is 1. The fourth-order valence-electron chi connectivity index (χ4n) is 1.91. The Morgan fingerprint density at radius 3 is 2.27 bits per heavy atom. The van der Waals surface area contributed by atoms with Gasteiger partial charge in [-0.2, -0.15) is 4.31 Å². The molecule has 0 aliphatic heterocycles. The molecule has 0 saturated heterocycles. The molecule has 0 unspecified atom stereocenters. The van der Waals surface area contributed by atoms with Crippen LogP contribution in [0.4, 0.5) is 0 Å². The molecule has 0 aromatic heterocycles. The zero-order valence-corrected chi connectivity index (χ0v) is 14.3. The fraction of sp³-hybridized carbons (Fsp3) is 0.176. The molecule has 0 fully saturated rings. The molecular formula is C17H19NO2S2. The minimum Gasteiger partial charge on any atom is -0.208 e. The Kier molecular flexibility index (Phi) is 5.83. The van der Waals surface area contributed by atoms with E-state index in [1.165, 1.54) is 14.6 Å². The van der Waals surface area contributed by atoms with Crippen LogP contribution in [0, 0.1) is 0 Å². The summed E-state index contributed by atoms with van der Waals surface area (Å²) in [4.78, 5) is 1.17. The summed E-state index contributed by atoms with van der Waals surface area (Å²) in [6.45, 7) is 0.357. The third-order valence-electron chi connectivity index (χ3n) is 3.23. The molecule has 0 bridgehead atoms. The molecule has 3 nitrogen and oxygen atoms in total. The van der Waals surface area contributed by atoms with E-state index in [0.717, 1.165) is 11.1 Å².